The molecule has 2 aromatic carbocycles. The number of carboxylic acid groups (broad SMARTS) is 1. The predicted molar refractivity (Wildman–Crippen MR) is 67.1 cm³/mol. The van der Waals surface area contributed by atoms with Crippen LogP contribution in [0.25, 0.3) is 0 Å². The fourth-order valence-electron chi connectivity index (χ4n) is 1.61. The van der Waals surface area contributed by atoms with E-state index < -0.39 is 17.6 Å². The predicted octanol–water partition coefficient (Wildman–Crippen LogP) is 3.28. The number of carboxylic acids is 1. The van der Waals surface area contributed by atoms with Gasteiger partial charge >= 0.3 is 5.97 Å². The molecule has 0 bridgehead atoms. The number of hydrogen-bond donors (Lipinski definition) is 2. The SMILES string of the molecule is O=C(O)c1ccc(NCc2cccc(F)c2F)cc1. The largest absolute Gasteiger partial charge is 0.478 e. The Bertz CT molecular complexity index is 597. The summed E-state index contributed by atoms with van der Waals surface area (Å²) in [6, 6.07) is 9.99. The van der Waals surface area contributed by atoms with Gasteiger partial charge in [-0.05, 0) is 30.3 Å². The molecule has 0 unspecified atom stereocenters. The number of rotatable bonds is 4. The van der Waals surface area contributed by atoms with Crippen molar-refractivity contribution >= 4 is 11.7 Å². The molecule has 19 heavy (non-hydrogen) atoms. The van der Waals surface area contributed by atoms with Crippen molar-refractivity contribution in [1.82, 2.24) is 0 Å². The van der Waals surface area contributed by atoms with Crippen LogP contribution in [0.3, 0.4) is 0 Å². The van der Waals surface area contributed by atoms with Gasteiger partial charge in [0.05, 0.1) is 5.56 Å². The van der Waals surface area contributed by atoms with Crippen LogP contribution in [0.4, 0.5) is 14.5 Å². The van der Waals surface area contributed by atoms with Crippen LogP contribution in [0, 0.1) is 11.6 Å². The first-order valence-corrected chi connectivity index (χ1v) is 5.58. The summed E-state index contributed by atoms with van der Waals surface area (Å²) in [6.45, 7) is 0.121. The highest BCUT2D eigenvalue weighted by atomic mass is 19.2. The van der Waals surface area contributed by atoms with Gasteiger partial charge in [0.25, 0.3) is 0 Å². The van der Waals surface area contributed by atoms with Gasteiger partial charge in [-0.2, -0.15) is 0 Å². The Hall–Kier alpha value is -2.43. The zero-order valence-corrected chi connectivity index (χ0v) is 9.86. The molecule has 0 radical (unpaired) electrons. The van der Waals surface area contributed by atoms with E-state index in [2.05, 4.69) is 5.32 Å². The average Bonchev–Trinajstić information content (AvgIpc) is 2.41. The molecule has 0 aliphatic rings. The lowest BCUT2D eigenvalue weighted by molar-refractivity contribution is 0.0697. The van der Waals surface area contributed by atoms with E-state index >= 15 is 0 Å². The molecule has 2 N–H and O–H groups in total. The molecule has 0 saturated carbocycles. The Morgan fingerprint density at radius 2 is 1.79 bits per heavy atom. The third kappa shape index (κ3) is 3.07. The molecular formula is C14H11F2NO2. The number of benzene rings is 2. The van der Waals surface area contributed by atoms with Crippen molar-refractivity contribution < 1.29 is 18.7 Å². The molecule has 2 aromatic rings. The molecule has 0 aliphatic carbocycles. The van der Waals surface area contributed by atoms with Crippen LogP contribution in [0.5, 0.6) is 0 Å². The van der Waals surface area contributed by atoms with Crippen molar-refractivity contribution in [2.45, 2.75) is 6.54 Å². The quantitative estimate of drug-likeness (QED) is 0.890. The van der Waals surface area contributed by atoms with E-state index in [1.165, 1.54) is 24.3 Å². The van der Waals surface area contributed by atoms with Gasteiger partial charge in [-0.3, -0.25) is 0 Å². The monoisotopic (exact) mass is 263 g/mol. The number of halogens is 2. The van der Waals surface area contributed by atoms with Crippen LogP contribution >= 0.6 is 0 Å². The molecule has 0 spiro atoms. The second-order valence-corrected chi connectivity index (χ2v) is 3.95. The molecule has 0 aliphatic heterocycles. The molecule has 0 fully saturated rings. The highest BCUT2D eigenvalue weighted by Crippen LogP contribution is 2.15. The lowest BCUT2D eigenvalue weighted by Crippen LogP contribution is -2.03. The van der Waals surface area contributed by atoms with Crippen LogP contribution in [-0.2, 0) is 6.54 Å². The number of hydrogen-bond acceptors (Lipinski definition) is 2. The van der Waals surface area contributed by atoms with Crippen molar-refractivity contribution in [1.29, 1.82) is 0 Å². The van der Waals surface area contributed by atoms with Gasteiger partial charge in [0.15, 0.2) is 11.6 Å². The average molecular weight is 263 g/mol. The van der Waals surface area contributed by atoms with E-state index in [1.807, 2.05) is 0 Å². The minimum absolute atomic E-state index is 0.121. The minimum atomic E-state index is -1.01. The van der Waals surface area contributed by atoms with Crippen molar-refractivity contribution in [3.8, 4) is 0 Å². The maximum Gasteiger partial charge on any atom is 0.335 e. The smallest absolute Gasteiger partial charge is 0.335 e. The van der Waals surface area contributed by atoms with Crippen LogP contribution in [-0.4, -0.2) is 11.1 Å². The second kappa shape index (κ2) is 5.48. The van der Waals surface area contributed by atoms with Crippen molar-refractivity contribution in [3.05, 3.63) is 65.2 Å². The molecular weight excluding hydrogens is 252 g/mol. The fraction of sp³-hybridized carbons (Fsp3) is 0.0714. The third-order valence-corrected chi connectivity index (χ3v) is 2.65. The summed E-state index contributed by atoms with van der Waals surface area (Å²) in [5.41, 5.74) is 1.01. The van der Waals surface area contributed by atoms with E-state index in [-0.39, 0.29) is 17.7 Å². The van der Waals surface area contributed by atoms with Gasteiger partial charge in [0.1, 0.15) is 0 Å². The Kier molecular flexibility index (Phi) is 3.75. The summed E-state index contributed by atoms with van der Waals surface area (Å²) in [5, 5.41) is 11.6. The first-order chi connectivity index (χ1) is 9.08. The lowest BCUT2D eigenvalue weighted by Gasteiger charge is -2.08. The first kappa shape index (κ1) is 13.0. The van der Waals surface area contributed by atoms with Gasteiger partial charge < -0.3 is 10.4 Å². The number of carbonyl (C=O) groups is 1. The van der Waals surface area contributed by atoms with E-state index in [0.717, 1.165) is 6.07 Å². The molecule has 5 heteroatoms. The van der Waals surface area contributed by atoms with E-state index in [4.69, 9.17) is 5.11 Å². The fourth-order valence-corrected chi connectivity index (χ4v) is 1.61. The highest BCUT2D eigenvalue weighted by molar-refractivity contribution is 5.87. The zero-order valence-electron chi connectivity index (χ0n) is 9.86. The van der Waals surface area contributed by atoms with E-state index in [1.54, 1.807) is 12.1 Å². The Morgan fingerprint density at radius 3 is 2.42 bits per heavy atom. The molecule has 98 valence electrons. The second-order valence-electron chi connectivity index (χ2n) is 3.95. The molecule has 3 nitrogen and oxygen atoms in total. The first-order valence-electron chi connectivity index (χ1n) is 5.58. The van der Waals surface area contributed by atoms with Gasteiger partial charge in [-0.1, -0.05) is 12.1 Å². The standard InChI is InChI=1S/C14H11F2NO2/c15-12-3-1-2-10(13(12)16)8-17-11-6-4-9(5-7-11)14(18)19/h1-7,17H,8H2,(H,18,19). The van der Waals surface area contributed by atoms with Gasteiger partial charge in [-0.25, -0.2) is 13.6 Å². The minimum Gasteiger partial charge on any atom is -0.478 e. The summed E-state index contributed by atoms with van der Waals surface area (Å²) < 4.78 is 26.4. The Labute approximate surface area is 108 Å². The maximum atomic E-state index is 13.4. The van der Waals surface area contributed by atoms with Gasteiger partial charge in [0, 0.05) is 17.8 Å². The molecule has 0 amide bonds. The Balaban J connectivity index is 2.06. The Morgan fingerprint density at radius 1 is 1.11 bits per heavy atom. The molecule has 2 rings (SSSR count). The molecule has 0 saturated heterocycles. The third-order valence-electron chi connectivity index (χ3n) is 2.65. The summed E-state index contributed by atoms with van der Waals surface area (Å²) in [4.78, 5) is 10.7. The summed E-state index contributed by atoms with van der Waals surface area (Å²) in [5.74, 6) is -2.78. The highest BCUT2D eigenvalue weighted by Gasteiger charge is 2.07. The summed E-state index contributed by atoms with van der Waals surface area (Å²) in [6.07, 6.45) is 0. The molecule has 0 heterocycles. The van der Waals surface area contributed by atoms with Crippen molar-refractivity contribution in [2.75, 3.05) is 5.32 Å². The van der Waals surface area contributed by atoms with Gasteiger partial charge in [0.2, 0.25) is 0 Å². The van der Waals surface area contributed by atoms with Crippen LogP contribution in [0.1, 0.15) is 15.9 Å². The van der Waals surface area contributed by atoms with Crippen LogP contribution < -0.4 is 5.32 Å². The van der Waals surface area contributed by atoms with E-state index in [9.17, 15) is 13.6 Å². The van der Waals surface area contributed by atoms with Crippen molar-refractivity contribution in [3.63, 3.8) is 0 Å². The topological polar surface area (TPSA) is 49.3 Å². The number of nitrogens with one attached hydrogen (secondary N) is 1. The lowest BCUT2D eigenvalue weighted by atomic mass is 10.2. The zero-order chi connectivity index (χ0) is 13.8. The molecule has 0 atom stereocenters. The summed E-state index contributed by atoms with van der Waals surface area (Å²) in [7, 11) is 0. The number of anilines is 1. The maximum absolute atomic E-state index is 13.4. The van der Waals surface area contributed by atoms with E-state index in [0.29, 0.717) is 5.69 Å². The molecule has 0 aromatic heterocycles. The van der Waals surface area contributed by atoms with Gasteiger partial charge in [-0.15, -0.1) is 0 Å². The normalized spacial score (nSPS) is 10.2. The summed E-state index contributed by atoms with van der Waals surface area (Å²) >= 11 is 0. The van der Waals surface area contributed by atoms with Crippen LogP contribution in [0.15, 0.2) is 42.5 Å². The van der Waals surface area contributed by atoms with Crippen molar-refractivity contribution in [2.24, 2.45) is 0 Å². The number of aromatic carboxylic acids is 1. The van der Waals surface area contributed by atoms with Crippen LogP contribution in [0.2, 0.25) is 0 Å².